The molecular weight excluding hydrogens is 523 g/mol. The van der Waals surface area contributed by atoms with Crippen LogP contribution in [0.1, 0.15) is 80.1 Å². The van der Waals surface area contributed by atoms with Crippen molar-refractivity contribution >= 4 is 36.8 Å². The molecule has 0 N–H and O–H groups in total. The van der Waals surface area contributed by atoms with Gasteiger partial charge in [0.1, 0.15) is 0 Å². The summed E-state index contributed by atoms with van der Waals surface area (Å²) in [4.78, 5) is 0. The van der Waals surface area contributed by atoms with Crippen LogP contribution in [-0.2, 0) is 4.74 Å². The van der Waals surface area contributed by atoms with E-state index in [1.165, 1.54) is 51.8 Å². The number of hydrogen-bond acceptors (Lipinski definition) is 1. The molecule has 2 atom stereocenters. The molecule has 0 amide bonds. The molecule has 1 heterocycles. The third-order valence-electron chi connectivity index (χ3n) is 8.25. The van der Waals surface area contributed by atoms with Gasteiger partial charge in [-0.3, -0.25) is 0 Å². The van der Waals surface area contributed by atoms with Crippen LogP contribution in [0.3, 0.4) is 0 Å². The van der Waals surface area contributed by atoms with E-state index < -0.39 is 26.5 Å². The number of ether oxygens (including phenoxy) is 1. The standard InChI is InChI=1S/C18H21OSi.3C4H9.Sn/c1-18(2,3)20(17-14-19-17,15-10-6-4-7-11-15)16-12-8-5-9-13-16;3*1-3-4-2;/h4-14,17H,1-3H3;3*1,3-4H2,2H3;/t17-;;;;/m0..../s1. The first-order valence-electron chi connectivity index (χ1n) is 13.6. The predicted octanol–water partition coefficient (Wildman–Crippen LogP) is 7.74. The van der Waals surface area contributed by atoms with E-state index in [1.54, 1.807) is 10.4 Å². The Bertz CT molecular complexity index is 768. The molecule has 1 saturated heterocycles. The molecule has 0 aromatic heterocycles. The molecule has 3 rings (SSSR count). The van der Waals surface area contributed by atoms with E-state index >= 15 is 0 Å². The molecule has 1 fully saturated rings. The van der Waals surface area contributed by atoms with Gasteiger partial charge in [-0.25, -0.2) is 0 Å². The van der Waals surface area contributed by atoms with Crippen molar-refractivity contribution < 1.29 is 4.74 Å². The molecule has 1 aliphatic heterocycles. The van der Waals surface area contributed by atoms with Crippen molar-refractivity contribution in [2.45, 2.75) is 108 Å². The summed E-state index contributed by atoms with van der Waals surface area (Å²) in [7, 11) is -2.18. The Morgan fingerprint density at radius 3 is 1.42 bits per heavy atom. The van der Waals surface area contributed by atoms with Crippen LogP contribution in [0.2, 0.25) is 18.3 Å². The number of epoxide rings is 1. The summed E-state index contributed by atoms with van der Waals surface area (Å²) in [5.74, 6) is 0. The maximum atomic E-state index is 7.13. The first-order chi connectivity index (χ1) is 15.9. The molecule has 0 aliphatic carbocycles. The first-order valence-corrected chi connectivity index (χ1v) is 23.4. The predicted molar refractivity (Wildman–Crippen MR) is 151 cm³/mol. The Kier molecular flexibility index (Phi) is 9.74. The normalized spacial score (nSPS) is 19.0. The van der Waals surface area contributed by atoms with Crippen LogP contribution in [-0.4, -0.2) is 36.3 Å². The molecule has 0 saturated carbocycles. The van der Waals surface area contributed by atoms with Crippen molar-refractivity contribution in [1.82, 2.24) is 0 Å². The van der Waals surface area contributed by atoms with E-state index in [0.717, 1.165) is 0 Å². The summed E-state index contributed by atoms with van der Waals surface area (Å²) >= 11 is -2.48. The summed E-state index contributed by atoms with van der Waals surface area (Å²) in [6.45, 7) is 14.6. The Morgan fingerprint density at radius 1 is 0.697 bits per heavy atom. The quantitative estimate of drug-likeness (QED) is 0.177. The topological polar surface area (TPSA) is 12.5 Å². The van der Waals surface area contributed by atoms with E-state index in [0.29, 0.717) is 9.85 Å². The molecule has 0 unspecified atom stereocenters. The first kappa shape index (κ1) is 27.0. The Hall–Kier alpha value is -0.584. The van der Waals surface area contributed by atoms with Gasteiger partial charge >= 0.3 is 210 Å². The summed E-state index contributed by atoms with van der Waals surface area (Å²) in [5.41, 5.74) is 0.448. The fraction of sp³-hybridized carbons (Fsp3) is 0.600. The van der Waals surface area contributed by atoms with Crippen molar-refractivity contribution in [2.75, 3.05) is 0 Å². The van der Waals surface area contributed by atoms with Crippen LogP contribution in [0, 0.1) is 0 Å². The summed E-state index contributed by atoms with van der Waals surface area (Å²) < 4.78 is 12.3. The van der Waals surface area contributed by atoms with E-state index in [9.17, 15) is 0 Å². The van der Waals surface area contributed by atoms with Gasteiger partial charge in [0, 0.05) is 0 Å². The van der Waals surface area contributed by atoms with Gasteiger partial charge < -0.3 is 0 Å². The Morgan fingerprint density at radius 2 is 1.09 bits per heavy atom. The molecule has 3 heteroatoms. The molecule has 0 spiro atoms. The SMILES string of the molecule is CCC[CH2][Sn]([CH2]CCC)([CH2]CCC)[C@H]1O[C@H]1[Si](c1ccccc1)(c1ccccc1)C(C)(C)C. The van der Waals surface area contributed by atoms with Gasteiger partial charge in [-0.1, -0.05) is 0 Å². The number of unbranched alkanes of at least 4 members (excludes halogenated alkanes) is 3. The third-order valence-corrected chi connectivity index (χ3v) is 31.6. The van der Waals surface area contributed by atoms with Crippen LogP contribution in [0.4, 0.5) is 0 Å². The molecule has 0 bridgehead atoms. The number of rotatable bonds is 13. The minimum atomic E-state index is -2.48. The maximum absolute atomic E-state index is 7.13. The van der Waals surface area contributed by atoms with Crippen LogP contribution in [0.25, 0.3) is 0 Å². The van der Waals surface area contributed by atoms with Gasteiger partial charge in [0.15, 0.2) is 0 Å². The molecule has 0 radical (unpaired) electrons. The molecular formula is C30H48OSiSn. The monoisotopic (exact) mass is 572 g/mol. The van der Waals surface area contributed by atoms with Crippen molar-refractivity contribution in [3.63, 3.8) is 0 Å². The molecule has 2 aromatic rings. The molecule has 33 heavy (non-hydrogen) atoms. The average Bonchev–Trinajstić information content (AvgIpc) is 3.61. The zero-order valence-electron chi connectivity index (χ0n) is 22.2. The van der Waals surface area contributed by atoms with Crippen LogP contribution in [0.15, 0.2) is 60.7 Å². The molecule has 1 aliphatic rings. The van der Waals surface area contributed by atoms with Crippen LogP contribution < -0.4 is 10.4 Å². The van der Waals surface area contributed by atoms with Crippen molar-refractivity contribution in [2.24, 2.45) is 0 Å². The number of hydrogen-bond donors (Lipinski definition) is 0. The van der Waals surface area contributed by atoms with E-state index in [1.807, 2.05) is 0 Å². The fourth-order valence-electron chi connectivity index (χ4n) is 6.49. The summed E-state index contributed by atoms with van der Waals surface area (Å²) in [6.07, 6.45) is 8.22. The third kappa shape index (κ3) is 5.64. The average molecular weight is 572 g/mol. The van der Waals surface area contributed by atoms with Gasteiger partial charge in [-0.2, -0.15) is 0 Å². The Labute approximate surface area is 209 Å². The van der Waals surface area contributed by atoms with Gasteiger partial charge in [0.2, 0.25) is 0 Å². The minimum absolute atomic E-state index is 0.188. The molecule has 182 valence electrons. The molecule has 1 nitrogen and oxygen atoms in total. The zero-order chi connectivity index (χ0) is 24.0. The van der Waals surface area contributed by atoms with Crippen molar-refractivity contribution in [3.8, 4) is 0 Å². The van der Waals surface area contributed by atoms with E-state index in [2.05, 4.69) is 102 Å². The summed E-state index contributed by atoms with van der Waals surface area (Å²) in [5, 5.41) is 3.32. The fourth-order valence-corrected chi connectivity index (χ4v) is 33.9. The van der Waals surface area contributed by atoms with Gasteiger partial charge in [0.25, 0.3) is 0 Å². The van der Waals surface area contributed by atoms with Gasteiger partial charge in [-0.05, 0) is 0 Å². The second kappa shape index (κ2) is 11.9. The zero-order valence-corrected chi connectivity index (χ0v) is 26.1. The van der Waals surface area contributed by atoms with E-state index in [4.69, 9.17) is 4.74 Å². The molecule has 2 aromatic carbocycles. The Balaban J connectivity index is 2.14. The van der Waals surface area contributed by atoms with Crippen molar-refractivity contribution in [3.05, 3.63) is 60.7 Å². The summed E-state index contributed by atoms with van der Waals surface area (Å²) in [6, 6.07) is 23.1. The van der Waals surface area contributed by atoms with Gasteiger partial charge in [-0.15, -0.1) is 0 Å². The van der Waals surface area contributed by atoms with Crippen molar-refractivity contribution in [1.29, 1.82) is 0 Å². The van der Waals surface area contributed by atoms with Crippen LogP contribution in [0.5, 0.6) is 0 Å². The van der Waals surface area contributed by atoms with Crippen LogP contribution >= 0.6 is 0 Å². The van der Waals surface area contributed by atoms with E-state index in [-0.39, 0.29) is 5.04 Å². The van der Waals surface area contributed by atoms with Gasteiger partial charge in [0.05, 0.1) is 0 Å². The second-order valence-corrected chi connectivity index (χ2v) is 30.0. The second-order valence-electron chi connectivity index (χ2n) is 11.4. The number of benzene rings is 2.